The van der Waals surface area contributed by atoms with Crippen LogP contribution in [0.5, 0.6) is 5.75 Å². The molecule has 0 saturated carbocycles. The summed E-state index contributed by atoms with van der Waals surface area (Å²) in [6.07, 6.45) is 15.5. The summed E-state index contributed by atoms with van der Waals surface area (Å²) in [5.41, 5.74) is 2.17. The monoisotopic (exact) mass is 428 g/mol. The number of halogens is 1. The van der Waals surface area contributed by atoms with Crippen LogP contribution in [0.2, 0.25) is 0 Å². The van der Waals surface area contributed by atoms with Gasteiger partial charge in [0.2, 0.25) is 0 Å². The molecule has 1 aromatic carbocycles. The zero-order chi connectivity index (χ0) is 22.3. The summed E-state index contributed by atoms with van der Waals surface area (Å²) in [5, 5.41) is 0. The predicted molar refractivity (Wildman–Crippen MR) is 128 cm³/mol. The maximum absolute atomic E-state index is 14.2. The summed E-state index contributed by atoms with van der Waals surface area (Å²) in [5.74, 6) is 1.59. The number of aryl methyl sites for hydroxylation is 1. The summed E-state index contributed by atoms with van der Waals surface area (Å²) < 4.78 is 19.9. The molecular weight excluding hydrogens is 387 g/mol. The zero-order valence-electron chi connectivity index (χ0n) is 19.8. The molecule has 0 fully saturated rings. The van der Waals surface area contributed by atoms with Crippen LogP contribution in [-0.2, 0) is 6.42 Å². The first kappa shape index (κ1) is 25.3. The second kappa shape index (κ2) is 14.9. The van der Waals surface area contributed by atoms with Crippen molar-refractivity contribution >= 4 is 0 Å². The van der Waals surface area contributed by atoms with Gasteiger partial charge in [-0.2, -0.15) is 0 Å². The molecule has 0 aliphatic heterocycles. The number of hydrogen-bond donors (Lipinski definition) is 0. The Labute approximate surface area is 188 Å². The fourth-order valence-corrected chi connectivity index (χ4v) is 3.72. The molecule has 2 rings (SSSR count). The Morgan fingerprint density at radius 1 is 0.839 bits per heavy atom. The van der Waals surface area contributed by atoms with Gasteiger partial charge in [-0.25, -0.2) is 14.4 Å². The van der Waals surface area contributed by atoms with Gasteiger partial charge >= 0.3 is 0 Å². The molecule has 0 radical (unpaired) electrons. The number of ether oxygens (including phenoxy) is 1. The summed E-state index contributed by atoms with van der Waals surface area (Å²) >= 11 is 0. The van der Waals surface area contributed by atoms with Crippen LogP contribution in [-0.4, -0.2) is 22.7 Å². The highest BCUT2D eigenvalue weighted by molar-refractivity contribution is 5.55. The Hall–Kier alpha value is -1.97. The third-order valence-corrected chi connectivity index (χ3v) is 5.93. The third-order valence-electron chi connectivity index (χ3n) is 5.93. The number of unbranched alkanes of at least 4 members (excludes halogenated alkanes) is 6. The molecule has 2 atom stereocenters. The minimum Gasteiger partial charge on any atom is -0.493 e. The SMILES string of the molecule is CCCCCCCCc1cnc(-c2ccc(OCCC(F)C(C)CCCC)cc2)nc1. The van der Waals surface area contributed by atoms with Crippen molar-refractivity contribution in [1.82, 2.24) is 9.97 Å². The normalized spacial score (nSPS) is 13.2. The molecule has 0 N–H and O–H groups in total. The number of hydrogen-bond acceptors (Lipinski definition) is 3. The van der Waals surface area contributed by atoms with Crippen LogP contribution in [0, 0.1) is 5.92 Å². The molecule has 0 bridgehead atoms. The molecule has 172 valence electrons. The zero-order valence-corrected chi connectivity index (χ0v) is 19.8. The first-order valence-corrected chi connectivity index (χ1v) is 12.3. The topological polar surface area (TPSA) is 35.0 Å². The Kier molecular flexibility index (Phi) is 12.2. The van der Waals surface area contributed by atoms with E-state index >= 15 is 0 Å². The molecule has 3 nitrogen and oxygen atoms in total. The lowest BCUT2D eigenvalue weighted by atomic mass is 9.97. The fraction of sp³-hybridized carbons (Fsp3) is 0.630. The highest BCUT2D eigenvalue weighted by Gasteiger charge is 2.15. The Morgan fingerprint density at radius 2 is 1.48 bits per heavy atom. The lowest BCUT2D eigenvalue weighted by Crippen LogP contribution is -2.16. The average molecular weight is 429 g/mol. The van der Waals surface area contributed by atoms with Gasteiger partial charge in [-0.1, -0.05) is 65.7 Å². The molecule has 31 heavy (non-hydrogen) atoms. The van der Waals surface area contributed by atoms with Crippen molar-refractivity contribution in [2.24, 2.45) is 5.92 Å². The maximum atomic E-state index is 14.2. The largest absolute Gasteiger partial charge is 0.493 e. The van der Waals surface area contributed by atoms with E-state index in [1.165, 1.54) is 44.1 Å². The summed E-state index contributed by atoms with van der Waals surface area (Å²) in [4.78, 5) is 9.07. The summed E-state index contributed by atoms with van der Waals surface area (Å²) in [7, 11) is 0. The molecule has 0 aliphatic rings. The van der Waals surface area contributed by atoms with Crippen LogP contribution in [0.4, 0.5) is 4.39 Å². The van der Waals surface area contributed by atoms with E-state index in [1.807, 2.05) is 43.6 Å². The van der Waals surface area contributed by atoms with Gasteiger partial charge in [-0.05, 0) is 55.0 Å². The number of nitrogens with zero attached hydrogens (tertiary/aromatic N) is 2. The summed E-state index contributed by atoms with van der Waals surface area (Å²) in [6, 6.07) is 7.76. The van der Waals surface area contributed by atoms with Crippen LogP contribution in [0.1, 0.15) is 90.5 Å². The molecule has 4 heteroatoms. The van der Waals surface area contributed by atoms with Crippen molar-refractivity contribution in [2.75, 3.05) is 6.61 Å². The van der Waals surface area contributed by atoms with Crippen LogP contribution < -0.4 is 4.74 Å². The van der Waals surface area contributed by atoms with Gasteiger partial charge in [0.15, 0.2) is 5.82 Å². The smallest absolute Gasteiger partial charge is 0.159 e. The predicted octanol–water partition coefficient (Wildman–Crippen LogP) is 7.98. The fourth-order valence-electron chi connectivity index (χ4n) is 3.72. The Bertz CT molecular complexity index is 702. The average Bonchev–Trinajstić information content (AvgIpc) is 2.80. The van der Waals surface area contributed by atoms with Crippen molar-refractivity contribution in [1.29, 1.82) is 0 Å². The van der Waals surface area contributed by atoms with Crippen molar-refractivity contribution in [3.63, 3.8) is 0 Å². The lowest BCUT2D eigenvalue weighted by Gasteiger charge is -2.16. The first-order chi connectivity index (χ1) is 15.1. The molecule has 2 unspecified atom stereocenters. The van der Waals surface area contributed by atoms with E-state index in [1.54, 1.807) is 0 Å². The Morgan fingerprint density at radius 3 is 2.16 bits per heavy atom. The molecule has 0 amide bonds. The van der Waals surface area contributed by atoms with E-state index in [0.29, 0.717) is 13.0 Å². The van der Waals surface area contributed by atoms with Gasteiger partial charge in [0, 0.05) is 24.4 Å². The van der Waals surface area contributed by atoms with E-state index in [9.17, 15) is 4.39 Å². The molecule has 2 aromatic rings. The minimum absolute atomic E-state index is 0.104. The lowest BCUT2D eigenvalue weighted by molar-refractivity contribution is 0.177. The number of rotatable bonds is 16. The van der Waals surface area contributed by atoms with Crippen molar-refractivity contribution in [3.05, 3.63) is 42.2 Å². The molecule has 1 heterocycles. The van der Waals surface area contributed by atoms with Crippen molar-refractivity contribution in [3.8, 4) is 17.1 Å². The maximum Gasteiger partial charge on any atom is 0.159 e. The minimum atomic E-state index is -0.797. The Balaban J connectivity index is 1.73. The van der Waals surface area contributed by atoms with Gasteiger partial charge in [0.1, 0.15) is 11.9 Å². The van der Waals surface area contributed by atoms with Crippen molar-refractivity contribution in [2.45, 2.75) is 97.6 Å². The summed E-state index contributed by atoms with van der Waals surface area (Å²) in [6.45, 7) is 6.79. The quantitative estimate of drug-likeness (QED) is 0.254. The second-order valence-electron chi connectivity index (χ2n) is 8.73. The number of alkyl halides is 1. The van der Waals surface area contributed by atoms with E-state index in [4.69, 9.17) is 4.74 Å². The van der Waals surface area contributed by atoms with E-state index in [0.717, 1.165) is 42.8 Å². The van der Waals surface area contributed by atoms with Crippen LogP contribution in [0.3, 0.4) is 0 Å². The van der Waals surface area contributed by atoms with Crippen molar-refractivity contribution < 1.29 is 9.13 Å². The second-order valence-corrected chi connectivity index (χ2v) is 8.73. The van der Waals surface area contributed by atoms with Crippen LogP contribution in [0.15, 0.2) is 36.7 Å². The van der Waals surface area contributed by atoms with Crippen LogP contribution >= 0.6 is 0 Å². The standard InChI is InChI=1S/C27H41FN2O/c1-4-6-8-9-10-11-13-23-20-29-27(30-21-23)24-14-16-25(17-15-24)31-19-18-26(28)22(3)12-7-5-2/h14-17,20-22,26H,4-13,18-19H2,1-3H3. The molecule has 0 spiro atoms. The number of benzene rings is 1. The van der Waals surface area contributed by atoms with E-state index in [2.05, 4.69) is 23.8 Å². The molecular formula is C27H41FN2O. The van der Waals surface area contributed by atoms with Gasteiger partial charge in [-0.3, -0.25) is 0 Å². The van der Waals surface area contributed by atoms with Gasteiger partial charge in [-0.15, -0.1) is 0 Å². The number of aromatic nitrogens is 2. The van der Waals surface area contributed by atoms with Gasteiger partial charge in [0.05, 0.1) is 6.61 Å². The molecule has 1 aromatic heterocycles. The van der Waals surface area contributed by atoms with Crippen LogP contribution in [0.25, 0.3) is 11.4 Å². The van der Waals surface area contributed by atoms with E-state index in [-0.39, 0.29) is 5.92 Å². The molecule has 0 aliphatic carbocycles. The van der Waals surface area contributed by atoms with Gasteiger partial charge in [0.25, 0.3) is 0 Å². The van der Waals surface area contributed by atoms with Gasteiger partial charge < -0.3 is 4.74 Å². The third kappa shape index (κ3) is 9.80. The first-order valence-electron chi connectivity index (χ1n) is 12.3. The van der Waals surface area contributed by atoms with E-state index < -0.39 is 6.17 Å². The highest BCUT2D eigenvalue weighted by atomic mass is 19.1. The highest BCUT2D eigenvalue weighted by Crippen LogP contribution is 2.22. The molecule has 0 saturated heterocycles.